The van der Waals surface area contributed by atoms with Gasteiger partial charge in [0.25, 0.3) is 0 Å². The van der Waals surface area contributed by atoms with E-state index in [1.165, 1.54) is 0 Å². The molecule has 0 spiro atoms. The molecule has 0 amide bonds. The van der Waals surface area contributed by atoms with Gasteiger partial charge in [0.1, 0.15) is 0 Å². The van der Waals surface area contributed by atoms with Crippen LogP contribution in [0.5, 0.6) is 0 Å². The summed E-state index contributed by atoms with van der Waals surface area (Å²) in [4.78, 5) is 0. The molecule has 0 aliphatic carbocycles. The molecule has 1 aromatic carbocycles. The van der Waals surface area contributed by atoms with Crippen LogP contribution in [0.2, 0.25) is 0 Å². The van der Waals surface area contributed by atoms with Crippen LogP contribution in [0, 0.1) is 5.92 Å². The van der Waals surface area contributed by atoms with Crippen LogP contribution in [0.1, 0.15) is 19.4 Å². The van der Waals surface area contributed by atoms with E-state index in [0.717, 1.165) is 5.56 Å². The zero-order valence-corrected chi connectivity index (χ0v) is 11.9. The predicted molar refractivity (Wildman–Crippen MR) is 74.8 cm³/mol. The lowest BCUT2D eigenvalue weighted by Gasteiger charge is -2.25. The molecule has 0 aliphatic rings. The zero-order chi connectivity index (χ0) is 12.0. The minimum atomic E-state index is -0.385. The molecule has 0 aromatic heterocycles. The van der Waals surface area contributed by atoms with Crippen LogP contribution in [0.4, 0.5) is 0 Å². The van der Waals surface area contributed by atoms with Crippen LogP contribution in [0.25, 0.3) is 0 Å². The SMILES string of the molecule is CC(C)[C@@H](OCc1ccccc1)[C@@H](O)CI. The third-order valence-electron chi connectivity index (χ3n) is 2.48. The van der Waals surface area contributed by atoms with Gasteiger partial charge in [-0.2, -0.15) is 0 Å². The van der Waals surface area contributed by atoms with E-state index in [4.69, 9.17) is 4.74 Å². The van der Waals surface area contributed by atoms with Crippen molar-refractivity contribution in [2.45, 2.75) is 32.7 Å². The van der Waals surface area contributed by atoms with E-state index in [9.17, 15) is 5.11 Å². The van der Waals surface area contributed by atoms with Gasteiger partial charge in [0.05, 0.1) is 18.8 Å². The maximum absolute atomic E-state index is 9.83. The highest BCUT2D eigenvalue weighted by Crippen LogP contribution is 2.15. The van der Waals surface area contributed by atoms with Crippen LogP contribution < -0.4 is 0 Å². The molecule has 0 aliphatic heterocycles. The fourth-order valence-electron chi connectivity index (χ4n) is 1.60. The molecule has 0 fully saturated rings. The van der Waals surface area contributed by atoms with Crippen molar-refractivity contribution in [1.82, 2.24) is 0 Å². The Labute approximate surface area is 111 Å². The Hall–Kier alpha value is -0.130. The molecule has 1 rings (SSSR count). The summed E-state index contributed by atoms with van der Waals surface area (Å²) in [7, 11) is 0. The molecule has 2 atom stereocenters. The number of aliphatic hydroxyl groups excluding tert-OH is 1. The summed E-state index contributed by atoms with van der Waals surface area (Å²) in [6.07, 6.45) is -0.471. The second-order valence-corrected chi connectivity index (χ2v) is 5.11. The lowest BCUT2D eigenvalue weighted by molar-refractivity contribution is -0.0592. The molecule has 0 unspecified atom stereocenters. The number of ether oxygens (including phenoxy) is 1. The van der Waals surface area contributed by atoms with Crippen LogP contribution in [0.15, 0.2) is 30.3 Å². The van der Waals surface area contributed by atoms with E-state index < -0.39 is 0 Å². The minimum Gasteiger partial charge on any atom is -0.390 e. The average Bonchev–Trinajstić information content (AvgIpc) is 2.30. The lowest BCUT2D eigenvalue weighted by atomic mass is 10.0. The Morgan fingerprint density at radius 2 is 1.88 bits per heavy atom. The van der Waals surface area contributed by atoms with E-state index in [0.29, 0.717) is 17.0 Å². The molecule has 2 nitrogen and oxygen atoms in total. The number of alkyl halides is 1. The third-order valence-corrected chi connectivity index (χ3v) is 3.38. The van der Waals surface area contributed by atoms with E-state index in [1.807, 2.05) is 30.3 Å². The molecule has 16 heavy (non-hydrogen) atoms. The minimum absolute atomic E-state index is 0.0860. The molecular formula is C13H19IO2. The first-order chi connectivity index (χ1) is 7.65. The van der Waals surface area contributed by atoms with Gasteiger partial charge in [-0.1, -0.05) is 66.8 Å². The summed E-state index contributed by atoms with van der Waals surface area (Å²) in [5.41, 5.74) is 1.15. The van der Waals surface area contributed by atoms with Gasteiger partial charge in [-0.3, -0.25) is 0 Å². The quantitative estimate of drug-likeness (QED) is 0.640. The highest BCUT2D eigenvalue weighted by molar-refractivity contribution is 14.1. The summed E-state index contributed by atoms with van der Waals surface area (Å²) in [5.74, 6) is 0.327. The molecule has 0 bridgehead atoms. The van der Waals surface area contributed by atoms with Crippen molar-refractivity contribution in [3.8, 4) is 0 Å². The van der Waals surface area contributed by atoms with Crippen LogP contribution >= 0.6 is 22.6 Å². The van der Waals surface area contributed by atoms with E-state index >= 15 is 0 Å². The number of hydrogen-bond acceptors (Lipinski definition) is 2. The number of aliphatic hydroxyl groups is 1. The second-order valence-electron chi connectivity index (χ2n) is 4.23. The first kappa shape index (κ1) is 13.9. The van der Waals surface area contributed by atoms with Crippen molar-refractivity contribution in [1.29, 1.82) is 0 Å². The van der Waals surface area contributed by atoms with Gasteiger partial charge in [-0.25, -0.2) is 0 Å². The molecule has 3 heteroatoms. The van der Waals surface area contributed by atoms with Crippen molar-refractivity contribution < 1.29 is 9.84 Å². The monoisotopic (exact) mass is 334 g/mol. The van der Waals surface area contributed by atoms with Gasteiger partial charge in [0, 0.05) is 4.43 Å². The lowest BCUT2D eigenvalue weighted by Crippen LogP contribution is -2.34. The van der Waals surface area contributed by atoms with E-state index in [2.05, 4.69) is 36.4 Å². The molecule has 0 saturated carbocycles. The summed E-state index contributed by atoms with van der Waals surface area (Å²) in [5, 5.41) is 9.83. The Balaban J connectivity index is 2.50. The third kappa shape index (κ3) is 4.39. The topological polar surface area (TPSA) is 29.5 Å². The summed E-state index contributed by atoms with van der Waals surface area (Å²) >= 11 is 2.19. The maximum Gasteiger partial charge on any atom is 0.0893 e. The zero-order valence-electron chi connectivity index (χ0n) is 9.77. The van der Waals surface area contributed by atoms with Crippen molar-refractivity contribution in [2.24, 2.45) is 5.92 Å². The molecule has 90 valence electrons. The van der Waals surface area contributed by atoms with Crippen LogP contribution in [-0.2, 0) is 11.3 Å². The summed E-state index contributed by atoms with van der Waals surface area (Å²) < 4.78 is 6.49. The van der Waals surface area contributed by atoms with Crippen molar-refractivity contribution >= 4 is 22.6 Å². The molecular weight excluding hydrogens is 315 g/mol. The van der Waals surface area contributed by atoms with Gasteiger partial charge in [-0.15, -0.1) is 0 Å². The van der Waals surface area contributed by atoms with Gasteiger partial charge < -0.3 is 9.84 Å². The first-order valence-corrected chi connectivity index (χ1v) is 7.07. The van der Waals surface area contributed by atoms with Gasteiger partial charge in [0.2, 0.25) is 0 Å². The Morgan fingerprint density at radius 3 is 2.38 bits per heavy atom. The van der Waals surface area contributed by atoms with Gasteiger partial charge in [0.15, 0.2) is 0 Å². The first-order valence-electron chi connectivity index (χ1n) is 5.54. The molecule has 0 saturated heterocycles. The Morgan fingerprint density at radius 1 is 1.25 bits per heavy atom. The second kappa shape index (κ2) is 7.25. The number of halogens is 1. The predicted octanol–water partition coefficient (Wildman–Crippen LogP) is 3.02. The van der Waals surface area contributed by atoms with Crippen molar-refractivity contribution in [2.75, 3.05) is 4.43 Å². The molecule has 0 radical (unpaired) electrons. The normalized spacial score (nSPS) is 15.1. The van der Waals surface area contributed by atoms with Crippen molar-refractivity contribution in [3.63, 3.8) is 0 Å². The van der Waals surface area contributed by atoms with E-state index in [-0.39, 0.29) is 12.2 Å². The molecule has 1 aromatic rings. The molecule has 1 N–H and O–H groups in total. The van der Waals surface area contributed by atoms with Crippen molar-refractivity contribution in [3.05, 3.63) is 35.9 Å². The Bertz CT molecular complexity index is 287. The summed E-state index contributed by atoms with van der Waals surface area (Å²) in [6, 6.07) is 10.1. The average molecular weight is 334 g/mol. The fourth-order valence-corrected chi connectivity index (χ4v) is 2.10. The Kier molecular flexibility index (Phi) is 6.31. The van der Waals surface area contributed by atoms with Gasteiger partial charge in [-0.05, 0) is 11.5 Å². The van der Waals surface area contributed by atoms with Gasteiger partial charge >= 0.3 is 0 Å². The largest absolute Gasteiger partial charge is 0.390 e. The fraction of sp³-hybridized carbons (Fsp3) is 0.538. The van der Waals surface area contributed by atoms with Crippen LogP contribution in [-0.4, -0.2) is 21.7 Å². The number of rotatable bonds is 6. The highest BCUT2D eigenvalue weighted by atomic mass is 127. The molecule has 0 heterocycles. The highest BCUT2D eigenvalue weighted by Gasteiger charge is 2.22. The standard InChI is InChI=1S/C13H19IO2/c1-10(2)13(12(15)8-14)16-9-11-6-4-3-5-7-11/h3-7,10,12-13,15H,8-9H2,1-2H3/t12-,13+/m0/s1. The maximum atomic E-state index is 9.83. The number of hydrogen-bond donors (Lipinski definition) is 1. The number of benzene rings is 1. The summed E-state index contributed by atoms with van der Waals surface area (Å²) in [6.45, 7) is 4.72. The van der Waals surface area contributed by atoms with Crippen LogP contribution in [0.3, 0.4) is 0 Å². The van der Waals surface area contributed by atoms with E-state index in [1.54, 1.807) is 0 Å². The smallest absolute Gasteiger partial charge is 0.0893 e.